The molecule has 1 heteroatoms. The number of allylic oxidation sites excluding steroid dienone is 3. The van der Waals surface area contributed by atoms with Gasteiger partial charge in [-0.2, -0.15) is 0 Å². The maximum atomic E-state index is 2.42. The van der Waals surface area contributed by atoms with Crippen LogP contribution in [0.3, 0.4) is 0 Å². The Morgan fingerprint density at radius 1 is 1.14 bits per heavy atom. The number of benzene rings is 1. The Balaban J connectivity index is 2.17. The van der Waals surface area contributed by atoms with Crippen LogP contribution in [0.5, 0.6) is 0 Å². The molecule has 72 valence electrons. The van der Waals surface area contributed by atoms with Crippen molar-refractivity contribution in [2.24, 2.45) is 0 Å². The van der Waals surface area contributed by atoms with Gasteiger partial charge in [-0.05, 0) is 24.5 Å². The van der Waals surface area contributed by atoms with E-state index in [0.717, 1.165) is 6.42 Å². The van der Waals surface area contributed by atoms with Gasteiger partial charge in [-0.25, -0.2) is 0 Å². The molecule has 1 aromatic rings. The van der Waals surface area contributed by atoms with Gasteiger partial charge in [0.1, 0.15) is 0 Å². The van der Waals surface area contributed by atoms with Crippen molar-refractivity contribution in [3.05, 3.63) is 58.4 Å². The molecule has 1 atom stereocenters. The third kappa shape index (κ3) is 1.88. The quantitative estimate of drug-likeness (QED) is 0.644. The Bertz CT molecular complexity index is 373. The molecule has 0 N–H and O–H groups in total. The predicted molar refractivity (Wildman–Crippen MR) is 65.0 cm³/mol. The van der Waals surface area contributed by atoms with Crippen LogP contribution in [0.25, 0.3) is 0 Å². The summed E-state index contributed by atoms with van der Waals surface area (Å²) in [4.78, 5) is 0. The van der Waals surface area contributed by atoms with Crippen molar-refractivity contribution in [3.8, 4) is 0 Å². The van der Waals surface area contributed by atoms with Gasteiger partial charge in [-0.1, -0.05) is 53.9 Å². The maximum absolute atomic E-state index is 2.42. The van der Waals surface area contributed by atoms with E-state index in [1.807, 2.05) is 0 Å². The SMILES string of the molecule is CC1=C(Cc2ccccc2)C=C[SiH]1C. The molecule has 1 aromatic carbocycles. The Labute approximate surface area is 87.6 Å². The highest BCUT2D eigenvalue weighted by Crippen LogP contribution is 2.21. The van der Waals surface area contributed by atoms with Gasteiger partial charge in [0.15, 0.2) is 0 Å². The van der Waals surface area contributed by atoms with Crippen LogP contribution in [0.15, 0.2) is 52.9 Å². The van der Waals surface area contributed by atoms with Crippen LogP contribution in [0.2, 0.25) is 6.55 Å². The zero-order chi connectivity index (χ0) is 9.97. The molecular weight excluding hydrogens is 184 g/mol. The second kappa shape index (κ2) is 3.97. The molecule has 1 unspecified atom stereocenters. The van der Waals surface area contributed by atoms with Crippen molar-refractivity contribution in [2.45, 2.75) is 19.9 Å². The summed E-state index contributed by atoms with van der Waals surface area (Å²) in [6, 6.07) is 10.7. The summed E-state index contributed by atoms with van der Waals surface area (Å²) in [5, 5.41) is 1.66. The van der Waals surface area contributed by atoms with E-state index in [-0.39, 0.29) is 0 Å². The average molecular weight is 200 g/mol. The normalized spacial score (nSPS) is 20.6. The van der Waals surface area contributed by atoms with Gasteiger partial charge in [0.25, 0.3) is 0 Å². The van der Waals surface area contributed by atoms with E-state index in [2.05, 4.69) is 55.6 Å². The van der Waals surface area contributed by atoms with Gasteiger partial charge in [-0.3, -0.25) is 0 Å². The molecule has 0 aliphatic carbocycles. The molecule has 0 saturated heterocycles. The summed E-state index contributed by atoms with van der Waals surface area (Å²) in [6.45, 7) is 4.69. The molecule has 1 heterocycles. The van der Waals surface area contributed by atoms with Gasteiger partial charge < -0.3 is 0 Å². The highest BCUT2D eigenvalue weighted by atomic mass is 28.3. The minimum Gasteiger partial charge on any atom is -0.0932 e. The van der Waals surface area contributed by atoms with Gasteiger partial charge in [0.05, 0.1) is 8.80 Å². The van der Waals surface area contributed by atoms with E-state index in [4.69, 9.17) is 0 Å². The van der Waals surface area contributed by atoms with Crippen molar-refractivity contribution < 1.29 is 0 Å². The smallest absolute Gasteiger partial charge is 0.0859 e. The largest absolute Gasteiger partial charge is 0.0932 e. The van der Waals surface area contributed by atoms with Crippen LogP contribution < -0.4 is 0 Å². The van der Waals surface area contributed by atoms with Crippen LogP contribution in [0, 0.1) is 0 Å². The number of hydrogen-bond acceptors (Lipinski definition) is 0. The zero-order valence-corrected chi connectivity index (χ0v) is 9.98. The summed E-state index contributed by atoms with van der Waals surface area (Å²) < 4.78 is 0. The first-order valence-corrected chi connectivity index (χ1v) is 7.59. The Kier molecular flexibility index (Phi) is 2.68. The van der Waals surface area contributed by atoms with Gasteiger partial charge in [0.2, 0.25) is 0 Å². The monoisotopic (exact) mass is 200 g/mol. The highest BCUT2D eigenvalue weighted by molar-refractivity contribution is 6.71. The lowest BCUT2D eigenvalue weighted by Crippen LogP contribution is -2.02. The first-order valence-electron chi connectivity index (χ1n) is 5.19. The molecule has 0 radical (unpaired) electrons. The lowest BCUT2D eigenvalue weighted by Gasteiger charge is -2.05. The lowest BCUT2D eigenvalue weighted by atomic mass is 10.1. The Hall–Kier alpha value is -1.08. The average Bonchev–Trinajstić information content (AvgIpc) is 2.52. The van der Waals surface area contributed by atoms with E-state index in [0.29, 0.717) is 0 Å². The lowest BCUT2D eigenvalue weighted by molar-refractivity contribution is 1.18. The maximum Gasteiger partial charge on any atom is 0.0859 e. The first kappa shape index (κ1) is 9.47. The topological polar surface area (TPSA) is 0 Å². The molecule has 2 rings (SSSR count). The zero-order valence-electron chi connectivity index (χ0n) is 8.83. The summed E-state index contributed by atoms with van der Waals surface area (Å²) in [6.07, 6.45) is 3.44. The molecule has 0 nitrogen and oxygen atoms in total. The van der Waals surface area contributed by atoms with E-state index >= 15 is 0 Å². The van der Waals surface area contributed by atoms with Crippen LogP contribution in [0.1, 0.15) is 12.5 Å². The molecule has 0 aromatic heterocycles. The third-order valence-electron chi connectivity index (χ3n) is 3.01. The molecule has 1 aliphatic rings. The van der Waals surface area contributed by atoms with Gasteiger partial charge >= 0.3 is 0 Å². The molecular formula is C13H16Si. The van der Waals surface area contributed by atoms with Crippen molar-refractivity contribution in [3.63, 3.8) is 0 Å². The summed E-state index contributed by atoms with van der Waals surface area (Å²) in [5.74, 6) is 0. The summed E-state index contributed by atoms with van der Waals surface area (Å²) in [7, 11) is -0.644. The standard InChI is InChI=1S/C13H16Si/c1-11-13(8-9-14(11)2)10-12-6-4-3-5-7-12/h3-9,14H,10H2,1-2H3. The minimum absolute atomic E-state index is 0.644. The van der Waals surface area contributed by atoms with Gasteiger partial charge in [0, 0.05) is 0 Å². The molecule has 0 amide bonds. The summed E-state index contributed by atoms with van der Waals surface area (Å²) in [5.41, 5.74) is 5.40. The predicted octanol–water partition coefficient (Wildman–Crippen LogP) is 3.05. The molecule has 0 fully saturated rings. The van der Waals surface area contributed by atoms with Gasteiger partial charge in [-0.15, -0.1) is 0 Å². The third-order valence-corrected chi connectivity index (χ3v) is 5.52. The van der Waals surface area contributed by atoms with Crippen molar-refractivity contribution in [1.82, 2.24) is 0 Å². The summed E-state index contributed by atoms with van der Waals surface area (Å²) >= 11 is 0. The van der Waals surface area contributed by atoms with Crippen LogP contribution >= 0.6 is 0 Å². The fourth-order valence-corrected chi connectivity index (χ4v) is 3.44. The molecule has 0 bridgehead atoms. The van der Waals surface area contributed by atoms with E-state index in [1.165, 1.54) is 5.56 Å². The van der Waals surface area contributed by atoms with Crippen LogP contribution in [0.4, 0.5) is 0 Å². The van der Waals surface area contributed by atoms with Crippen molar-refractivity contribution in [2.75, 3.05) is 0 Å². The Morgan fingerprint density at radius 2 is 1.86 bits per heavy atom. The van der Waals surface area contributed by atoms with E-state index in [9.17, 15) is 0 Å². The van der Waals surface area contributed by atoms with Crippen molar-refractivity contribution in [1.29, 1.82) is 0 Å². The fourth-order valence-electron chi connectivity index (χ4n) is 1.84. The molecule has 1 aliphatic heterocycles. The van der Waals surface area contributed by atoms with Crippen LogP contribution in [-0.4, -0.2) is 8.80 Å². The Morgan fingerprint density at radius 3 is 2.43 bits per heavy atom. The van der Waals surface area contributed by atoms with E-state index < -0.39 is 8.80 Å². The molecule has 14 heavy (non-hydrogen) atoms. The molecule has 0 saturated carbocycles. The van der Waals surface area contributed by atoms with E-state index in [1.54, 1.807) is 10.8 Å². The highest BCUT2D eigenvalue weighted by Gasteiger charge is 2.13. The number of hydrogen-bond donors (Lipinski definition) is 0. The molecule has 0 spiro atoms. The second-order valence-electron chi connectivity index (χ2n) is 4.02. The number of rotatable bonds is 2. The fraction of sp³-hybridized carbons (Fsp3) is 0.231. The van der Waals surface area contributed by atoms with Crippen molar-refractivity contribution >= 4 is 8.80 Å². The second-order valence-corrected chi connectivity index (χ2v) is 6.85. The minimum atomic E-state index is -0.644. The first-order chi connectivity index (χ1) is 6.77. The van der Waals surface area contributed by atoms with Crippen LogP contribution in [-0.2, 0) is 6.42 Å².